The van der Waals surface area contributed by atoms with E-state index < -0.39 is 0 Å². The fourth-order valence-electron chi connectivity index (χ4n) is 1.81. The number of methoxy groups -OCH3 is 1. The third-order valence-electron chi connectivity index (χ3n) is 3.03. The molecule has 1 aromatic heterocycles. The second-order valence-corrected chi connectivity index (χ2v) is 4.30. The van der Waals surface area contributed by atoms with E-state index in [9.17, 15) is 4.79 Å². The summed E-state index contributed by atoms with van der Waals surface area (Å²) in [6.07, 6.45) is 0. The summed E-state index contributed by atoms with van der Waals surface area (Å²) in [5, 5.41) is 7.77. The lowest BCUT2D eigenvalue weighted by atomic mass is 10.1. The highest BCUT2D eigenvalue weighted by molar-refractivity contribution is 5.94. The van der Waals surface area contributed by atoms with Gasteiger partial charge in [0.05, 0.1) is 19.3 Å². The molecule has 2 N–H and O–H groups in total. The molecule has 19 heavy (non-hydrogen) atoms. The second kappa shape index (κ2) is 5.09. The summed E-state index contributed by atoms with van der Waals surface area (Å²) in [6.45, 7) is 3.83. The van der Waals surface area contributed by atoms with Gasteiger partial charge in [-0.1, -0.05) is 5.21 Å². The Hall–Kier alpha value is -2.37. The largest absolute Gasteiger partial charge is 0.496 e. The fourth-order valence-corrected chi connectivity index (χ4v) is 1.81. The van der Waals surface area contributed by atoms with Crippen LogP contribution in [0.15, 0.2) is 18.2 Å². The average molecular weight is 260 g/mol. The molecular formula is C13H16N4O2. The number of nitrogen functional groups attached to an aromatic ring is 1. The minimum absolute atomic E-state index is 0.0127. The van der Waals surface area contributed by atoms with Crippen molar-refractivity contribution in [2.24, 2.45) is 0 Å². The number of rotatable bonds is 4. The van der Waals surface area contributed by atoms with Crippen LogP contribution in [0, 0.1) is 6.92 Å². The third kappa shape index (κ3) is 2.57. The zero-order valence-electron chi connectivity index (χ0n) is 11.2. The molecule has 0 bridgehead atoms. The van der Waals surface area contributed by atoms with E-state index in [1.54, 1.807) is 30.0 Å². The van der Waals surface area contributed by atoms with Crippen molar-refractivity contribution in [3.8, 4) is 5.75 Å². The van der Waals surface area contributed by atoms with Crippen molar-refractivity contribution in [1.82, 2.24) is 15.0 Å². The molecule has 100 valence electrons. The fraction of sp³-hybridized carbons (Fsp3) is 0.308. The molecule has 0 radical (unpaired) electrons. The van der Waals surface area contributed by atoms with Gasteiger partial charge in [0.2, 0.25) is 0 Å². The smallest absolute Gasteiger partial charge is 0.168 e. The van der Waals surface area contributed by atoms with Gasteiger partial charge < -0.3 is 10.5 Å². The van der Waals surface area contributed by atoms with E-state index in [0.29, 0.717) is 23.7 Å². The first kappa shape index (κ1) is 13.1. The molecule has 6 nitrogen and oxygen atoms in total. The van der Waals surface area contributed by atoms with Gasteiger partial charge in [-0.05, 0) is 32.0 Å². The zero-order valence-corrected chi connectivity index (χ0v) is 11.2. The molecule has 0 aliphatic heterocycles. The topological polar surface area (TPSA) is 83.0 Å². The molecule has 2 rings (SSSR count). The molecule has 2 aromatic rings. The van der Waals surface area contributed by atoms with Crippen molar-refractivity contribution in [2.75, 3.05) is 12.8 Å². The summed E-state index contributed by atoms with van der Waals surface area (Å²) in [7, 11) is 1.59. The highest BCUT2D eigenvalue weighted by Crippen LogP contribution is 2.22. The summed E-state index contributed by atoms with van der Waals surface area (Å²) >= 11 is 0. The number of aromatic nitrogens is 3. The lowest BCUT2D eigenvalue weighted by Gasteiger charge is -2.10. The summed E-state index contributed by atoms with van der Waals surface area (Å²) in [4.78, 5) is 11.4. The Bertz CT molecular complexity index is 619. The average Bonchev–Trinajstić information content (AvgIpc) is 2.70. The van der Waals surface area contributed by atoms with E-state index in [1.165, 1.54) is 6.92 Å². The number of nitrogens with zero attached hydrogens (tertiary/aromatic N) is 3. The number of ketones is 1. The Morgan fingerprint density at radius 2 is 2.21 bits per heavy atom. The summed E-state index contributed by atoms with van der Waals surface area (Å²) < 4.78 is 6.97. The quantitative estimate of drug-likeness (QED) is 0.841. The number of carbonyl (C=O) groups excluding carboxylic acids is 1. The Balaban J connectivity index is 2.40. The van der Waals surface area contributed by atoms with Crippen LogP contribution in [0.3, 0.4) is 0 Å². The highest BCUT2D eigenvalue weighted by atomic mass is 16.5. The molecule has 0 spiro atoms. The van der Waals surface area contributed by atoms with Crippen molar-refractivity contribution >= 4 is 11.6 Å². The maximum absolute atomic E-state index is 11.4. The standard InChI is InChI=1S/C13H16N4O2/c1-8-13(14)15-16-17(8)7-11-6-10(9(2)18)4-5-12(11)19-3/h4-6H,7,14H2,1-3H3. The first-order chi connectivity index (χ1) is 9.02. The molecule has 0 aliphatic carbocycles. The van der Waals surface area contributed by atoms with Gasteiger partial charge in [-0.3, -0.25) is 4.79 Å². The van der Waals surface area contributed by atoms with Gasteiger partial charge in [-0.2, -0.15) is 0 Å². The molecule has 1 heterocycles. The van der Waals surface area contributed by atoms with Crippen LogP contribution in [-0.2, 0) is 6.54 Å². The molecule has 1 aromatic carbocycles. The van der Waals surface area contributed by atoms with Crippen LogP contribution < -0.4 is 10.5 Å². The van der Waals surface area contributed by atoms with Gasteiger partial charge in [0.25, 0.3) is 0 Å². The number of ether oxygens (including phenoxy) is 1. The predicted molar refractivity (Wildman–Crippen MR) is 71.3 cm³/mol. The molecule has 0 saturated carbocycles. The number of hydrogen-bond acceptors (Lipinski definition) is 5. The Morgan fingerprint density at radius 1 is 1.47 bits per heavy atom. The van der Waals surface area contributed by atoms with Crippen molar-refractivity contribution in [3.05, 3.63) is 35.0 Å². The van der Waals surface area contributed by atoms with Crippen LogP contribution in [0.4, 0.5) is 5.82 Å². The lowest BCUT2D eigenvalue weighted by molar-refractivity contribution is 0.101. The Labute approximate surface area is 111 Å². The maximum atomic E-state index is 11.4. The first-order valence-corrected chi connectivity index (χ1v) is 5.86. The lowest BCUT2D eigenvalue weighted by Crippen LogP contribution is -2.07. The molecule has 0 aliphatic rings. The number of Topliss-reactive ketones (excluding diaryl/α,β-unsaturated/α-hetero) is 1. The highest BCUT2D eigenvalue weighted by Gasteiger charge is 2.11. The van der Waals surface area contributed by atoms with Crippen LogP contribution in [-0.4, -0.2) is 27.9 Å². The summed E-state index contributed by atoms with van der Waals surface area (Å²) in [5.74, 6) is 1.12. The zero-order chi connectivity index (χ0) is 14.0. The molecule has 0 saturated heterocycles. The Kier molecular flexibility index (Phi) is 3.50. The molecular weight excluding hydrogens is 244 g/mol. The van der Waals surface area contributed by atoms with Gasteiger partial charge in [-0.15, -0.1) is 5.10 Å². The van der Waals surface area contributed by atoms with Crippen LogP contribution >= 0.6 is 0 Å². The van der Waals surface area contributed by atoms with E-state index >= 15 is 0 Å². The molecule has 0 amide bonds. The minimum Gasteiger partial charge on any atom is -0.496 e. The monoisotopic (exact) mass is 260 g/mol. The van der Waals surface area contributed by atoms with Gasteiger partial charge in [-0.25, -0.2) is 4.68 Å². The van der Waals surface area contributed by atoms with Crippen molar-refractivity contribution in [3.63, 3.8) is 0 Å². The summed E-state index contributed by atoms with van der Waals surface area (Å²) in [5.41, 5.74) is 7.95. The van der Waals surface area contributed by atoms with E-state index in [-0.39, 0.29) is 5.78 Å². The number of nitrogens with two attached hydrogens (primary N) is 1. The van der Waals surface area contributed by atoms with Crippen molar-refractivity contribution in [1.29, 1.82) is 0 Å². The number of hydrogen-bond donors (Lipinski definition) is 1. The van der Waals surface area contributed by atoms with Crippen molar-refractivity contribution < 1.29 is 9.53 Å². The van der Waals surface area contributed by atoms with Gasteiger partial charge >= 0.3 is 0 Å². The Morgan fingerprint density at radius 3 is 2.74 bits per heavy atom. The van der Waals surface area contributed by atoms with Crippen LogP contribution in [0.1, 0.15) is 28.5 Å². The van der Waals surface area contributed by atoms with E-state index in [4.69, 9.17) is 10.5 Å². The molecule has 0 fully saturated rings. The third-order valence-corrected chi connectivity index (χ3v) is 3.03. The predicted octanol–water partition coefficient (Wildman–Crippen LogP) is 1.43. The van der Waals surface area contributed by atoms with Crippen LogP contribution in [0.5, 0.6) is 5.75 Å². The number of benzene rings is 1. The van der Waals surface area contributed by atoms with Gasteiger partial charge in [0, 0.05) is 11.1 Å². The molecule has 0 atom stereocenters. The van der Waals surface area contributed by atoms with Crippen LogP contribution in [0.2, 0.25) is 0 Å². The summed E-state index contributed by atoms with van der Waals surface area (Å²) in [6, 6.07) is 5.33. The second-order valence-electron chi connectivity index (χ2n) is 4.30. The molecule has 0 unspecified atom stereocenters. The number of carbonyl (C=O) groups is 1. The van der Waals surface area contributed by atoms with E-state index in [2.05, 4.69) is 10.3 Å². The van der Waals surface area contributed by atoms with Crippen molar-refractivity contribution in [2.45, 2.75) is 20.4 Å². The maximum Gasteiger partial charge on any atom is 0.168 e. The SMILES string of the molecule is COc1ccc(C(C)=O)cc1Cn1nnc(N)c1C. The number of anilines is 1. The van der Waals surface area contributed by atoms with Gasteiger partial charge in [0.15, 0.2) is 11.6 Å². The van der Waals surface area contributed by atoms with Crippen LogP contribution in [0.25, 0.3) is 0 Å². The first-order valence-electron chi connectivity index (χ1n) is 5.86. The normalized spacial score (nSPS) is 10.5. The van der Waals surface area contributed by atoms with E-state index in [1.807, 2.05) is 6.92 Å². The molecule has 6 heteroatoms. The van der Waals surface area contributed by atoms with E-state index in [0.717, 1.165) is 11.3 Å². The van der Waals surface area contributed by atoms with Gasteiger partial charge in [0.1, 0.15) is 5.75 Å². The minimum atomic E-state index is 0.0127.